The molecule has 0 aromatic carbocycles. The van der Waals surface area contributed by atoms with E-state index in [9.17, 15) is 4.79 Å². The van der Waals surface area contributed by atoms with Crippen molar-refractivity contribution in [2.45, 2.75) is 32.4 Å². The molecule has 1 unspecified atom stereocenters. The van der Waals surface area contributed by atoms with Crippen molar-refractivity contribution in [3.05, 3.63) is 22.4 Å². The fourth-order valence-electron chi connectivity index (χ4n) is 2.35. The van der Waals surface area contributed by atoms with Gasteiger partial charge in [0, 0.05) is 31.1 Å². The van der Waals surface area contributed by atoms with Crippen LogP contribution in [0.3, 0.4) is 0 Å². The van der Waals surface area contributed by atoms with Gasteiger partial charge in [0.05, 0.1) is 11.6 Å². The van der Waals surface area contributed by atoms with Gasteiger partial charge in [0.25, 0.3) is 0 Å². The lowest BCUT2D eigenvalue weighted by molar-refractivity contribution is -0.132. The molecule has 1 atom stereocenters. The SMILES string of the molecule is CC(NC(=O)C(C)(C)N1CCNCC1)c1cccs1. The van der Waals surface area contributed by atoms with Gasteiger partial charge in [-0.2, -0.15) is 0 Å². The van der Waals surface area contributed by atoms with E-state index in [0.717, 1.165) is 26.2 Å². The van der Waals surface area contributed by atoms with Crippen molar-refractivity contribution in [3.8, 4) is 0 Å². The number of nitrogens with zero attached hydrogens (tertiary/aromatic N) is 1. The maximum Gasteiger partial charge on any atom is 0.240 e. The summed E-state index contributed by atoms with van der Waals surface area (Å²) < 4.78 is 0. The second-order valence-corrected chi connectivity index (χ2v) is 6.49. The molecule has 19 heavy (non-hydrogen) atoms. The van der Waals surface area contributed by atoms with Crippen molar-refractivity contribution in [1.82, 2.24) is 15.5 Å². The summed E-state index contributed by atoms with van der Waals surface area (Å²) in [5.74, 6) is 0.107. The van der Waals surface area contributed by atoms with Crippen LogP contribution in [0.2, 0.25) is 0 Å². The second kappa shape index (κ2) is 6.03. The Morgan fingerprint density at radius 3 is 2.74 bits per heavy atom. The van der Waals surface area contributed by atoms with Gasteiger partial charge in [-0.1, -0.05) is 6.07 Å². The zero-order valence-electron chi connectivity index (χ0n) is 11.9. The van der Waals surface area contributed by atoms with Crippen LogP contribution in [0, 0.1) is 0 Å². The maximum atomic E-state index is 12.5. The van der Waals surface area contributed by atoms with E-state index in [4.69, 9.17) is 0 Å². The van der Waals surface area contributed by atoms with Crippen molar-refractivity contribution in [1.29, 1.82) is 0 Å². The molecule has 0 spiro atoms. The maximum absolute atomic E-state index is 12.5. The fourth-order valence-corrected chi connectivity index (χ4v) is 3.08. The van der Waals surface area contributed by atoms with E-state index in [1.165, 1.54) is 4.88 Å². The van der Waals surface area contributed by atoms with E-state index in [0.29, 0.717) is 0 Å². The Morgan fingerprint density at radius 2 is 2.16 bits per heavy atom. The van der Waals surface area contributed by atoms with Gasteiger partial charge >= 0.3 is 0 Å². The smallest absolute Gasteiger partial charge is 0.240 e. The molecule has 1 saturated heterocycles. The molecule has 1 aromatic heterocycles. The van der Waals surface area contributed by atoms with Crippen LogP contribution in [0.25, 0.3) is 0 Å². The molecule has 106 valence electrons. The van der Waals surface area contributed by atoms with Crippen LogP contribution in [-0.4, -0.2) is 42.5 Å². The summed E-state index contributed by atoms with van der Waals surface area (Å²) in [5.41, 5.74) is -0.451. The van der Waals surface area contributed by atoms with Crippen LogP contribution < -0.4 is 10.6 Å². The third-order valence-electron chi connectivity index (χ3n) is 3.78. The number of amides is 1. The lowest BCUT2D eigenvalue weighted by Crippen LogP contribution is -2.60. The van der Waals surface area contributed by atoms with Gasteiger partial charge in [-0.3, -0.25) is 9.69 Å². The normalized spacial score (nSPS) is 19.1. The lowest BCUT2D eigenvalue weighted by atomic mass is 10.00. The largest absolute Gasteiger partial charge is 0.347 e. The van der Waals surface area contributed by atoms with Crippen LogP contribution >= 0.6 is 11.3 Å². The van der Waals surface area contributed by atoms with E-state index >= 15 is 0 Å². The molecular formula is C14H23N3OS. The first-order valence-electron chi connectivity index (χ1n) is 6.82. The van der Waals surface area contributed by atoms with Crippen LogP contribution in [0.1, 0.15) is 31.7 Å². The Kier molecular flexibility index (Phi) is 4.60. The van der Waals surface area contributed by atoms with Gasteiger partial charge in [-0.15, -0.1) is 11.3 Å². The van der Waals surface area contributed by atoms with Gasteiger partial charge in [-0.05, 0) is 32.2 Å². The number of carbonyl (C=O) groups is 1. The zero-order valence-corrected chi connectivity index (χ0v) is 12.7. The van der Waals surface area contributed by atoms with Crippen LogP contribution in [0.15, 0.2) is 17.5 Å². The number of piperazine rings is 1. The number of rotatable bonds is 4. The average Bonchev–Trinajstić information content (AvgIpc) is 2.93. The highest BCUT2D eigenvalue weighted by Crippen LogP contribution is 2.21. The van der Waals surface area contributed by atoms with Gasteiger partial charge in [-0.25, -0.2) is 0 Å². The van der Waals surface area contributed by atoms with Crippen molar-refractivity contribution >= 4 is 17.2 Å². The first-order valence-corrected chi connectivity index (χ1v) is 7.70. The quantitative estimate of drug-likeness (QED) is 0.881. The molecule has 1 aliphatic heterocycles. The first kappa shape index (κ1) is 14.5. The zero-order chi connectivity index (χ0) is 13.9. The van der Waals surface area contributed by atoms with Crippen LogP contribution in [0.4, 0.5) is 0 Å². The highest BCUT2D eigenvalue weighted by Gasteiger charge is 2.35. The third-order valence-corrected chi connectivity index (χ3v) is 4.84. The van der Waals surface area contributed by atoms with Gasteiger partial charge in [0.15, 0.2) is 0 Å². The third kappa shape index (κ3) is 3.35. The molecule has 2 rings (SSSR count). The number of carbonyl (C=O) groups excluding carboxylic acids is 1. The molecule has 1 fully saturated rings. The van der Waals surface area contributed by atoms with E-state index < -0.39 is 5.54 Å². The second-order valence-electron chi connectivity index (χ2n) is 5.51. The lowest BCUT2D eigenvalue weighted by Gasteiger charge is -2.40. The van der Waals surface area contributed by atoms with E-state index in [1.807, 2.05) is 32.2 Å². The minimum atomic E-state index is -0.451. The Hall–Kier alpha value is -0.910. The summed E-state index contributed by atoms with van der Waals surface area (Å²) in [6.07, 6.45) is 0. The van der Waals surface area contributed by atoms with Crippen molar-refractivity contribution in [2.75, 3.05) is 26.2 Å². The standard InChI is InChI=1S/C14H23N3OS/c1-11(12-5-4-10-19-12)16-13(18)14(2,3)17-8-6-15-7-9-17/h4-5,10-11,15H,6-9H2,1-3H3,(H,16,18). The highest BCUT2D eigenvalue weighted by atomic mass is 32.1. The molecule has 0 aliphatic carbocycles. The molecule has 0 saturated carbocycles. The number of nitrogens with one attached hydrogen (secondary N) is 2. The topological polar surface area (TPSA) is 44.4 Å². The summed E-state index contributed by atoms with van der Waals surface area (Å²) in [6.45, 7) is 9.82. The predicted octanol–water partition coefficient (Wildman–Crippen LogP) is 1.61. The van der Waals surface area contributed by atoms with E-state index in [1.54, 1.807) is 11.3 Å². The highest BCUT2D eigenvalue weighted by molar-refractivity contribution is 7.10. The van der Waals surface area contributed by atoms with Crippen LogP contribution in [0.5, 0.6) is 0 Å². The van der Waals surface area contributed by atoms with Crippen molar-refractivity contribution in [2.24, 2.45) is 0 Å². The Bertz CT molecular complexity index is 410. The van der Waals surface area contributed by atoms with Gasteiger partial charge in [0.1, 0.15) is 0 Å². The molecular weight excluding hydrogens is 258 g/mol. The van der Waals surface area contributed by atoms with Crippen LogP contribution in [-0.2, 0) is 4.79 Å². The molecule has 2 N–H and O–H groups in total. The average molecular weight is 281 g/mol. The minimum Gasteiger partial charge on any atom is -0.347 e. The van der Waals surface area contributed by atoms with E-state index in [2.05, 4.69) is 21.6 Å². The molecule has 1 aliphatic rings. The van der Waals surface area contributed by atoms with Crippen molar-refractivity contribution < 1.29 is 4.79 Å². The molecule has 1 amide bonds. The summed E-state index contributed by atoms with van der Waals surface area (Å²) in [6, 6.07) is 4.16. The minimum absolute atomic E-state index is 0.0784. The summed E-state index contributed by atoms with van der Waals surface area (Å²) >= 11 is 1.68. The summed E-state index contributed by atoms with van der Waals surface area (Å²) in [7, 11) is 0. The number of hydrogen-bond donors (Lipinski definition) is 2. The number of thiophene rings is 1. The summed E-state index contributed by atoms with van der Waals surface area (Å²) in [4.78, 5) is 15.9. The van der Waals surface area contributed by atoms with Crippen molar-refractivity contribution in [3.63, 3.8) is 0 Å². The first-order chi connectivity index (χ1) is 9.01. The Morgan fingerprint density at radius 1 is 1.47 bits per heavy atom. The molecule has 2 heterocycles. The van der Waals surface area contributed by atoms with Gasteiger partial charge < -0.3 is 10.6 Å². The van der Waals surface area contributed by atoms with Gasteiger partial charge in [0.2, 0.25) is 5.91 Å². The number of hydrogen-bond acceptors (Lipinski definition) is 4. The Labute approximate surface area is 119 Å². The molecule has 5 heteroatoms. The molecule has 1 aromatic rings. The molecule has 0 radical (unpaired) electrons. The summed E-state index contributed by atoms with van der Waals surface area (Å²) in [5, 5.41) is 8.49. The Balaban J connectivity index is 1.97. The fraction of sp³-hybridized carbons (Fsp3) is 0.643. The predicted molar refractivity (Wildman–Crippen MR) is 79.4 cm³/mol. The molecule has 4 nitrogen and oxygen atoms in total. The van der Waals surface area contributed by atoms with E-state index in [-0.39, 0.29) is 11.9 Å². The monoisotopic (exact) mass is 281 g/mol. The molecule has 0 bridgehead atoms.